The molecule has 0 radical (unpaired) electrons. The summed E-state index contributed by atoms with van der Waals surface area (Å²) in [5.74, 6) is 0.577. The van der Waals surface area contributed by atoms with E-state index in [0.717, 1.165) is 36.6 Å². The number of hydrogen-bond donors (Lipinski definition) is 0. The molecular formula is C36H40ClF2S2+. The lowest BCUT2D eigenvalue weighted by molar-refractivity contribution is 0.563. The normalized spacial score (nSPS) is 11.3. The Morgan fingerprint density at radius 3 is 1.54 bits per heavy atom. The summed E-state index contributed by atoms with van der Waals surface area (Å²) in [6.07, 6.45) is 13.5. The number of unbranched alkanes of at least 4 members (excludes halogenated alkanes) is 9. The second kappa shape index (κ2) is 17.0. The quantitative estimate of drug-likeness (QED) is 0.0691. The van der Waals surface area contributed by atoms with Gasteiger partial charge < -0.3 is 0 Å². The first-order chi connectivity index (χ1) is 20.0. The number of hydrogen-bond acceptors (Lipinski definition) is 1. The first-order valence-electron chi connectivity index (χ1n) is 14.8. The average Bonchev–Trinajstić information content (AvgIpc) is 2.98. The average molecular weight is 610 g/mol. The van der Waals surface area contributed by atoms with Crippen LogP contribution in [0.5, 0.6) is 0 Å². The van der Waals surface area contributed by atoms with Crippen LogP contribution in [0, 0.1) is 11.6 Å². The molecule has 0 aromatic heterocycles. The van der Waals surface area contributed by atoms with E-state index in [2.05, 4.69) is 49.4 Å². The van der Waals surface area contributed by atoms with Crippen molar-refractivity contribution in [2.45, 2.75) is 90.7 Å². The minimum absolute atomic E-state index is 0.272. The van der Waals surface area contributed by atoms with Gasteiger partial charge in [0.05, 0.1) is 10.9 Å². The van der Waals surface area contributed by atoms with Gasteiger partial charge in [0.15, 0.2) is 14.7 Å². The Bertz CT molecular complexity index is 1280. The van der Waals surface area contributed by atoms with Crippen molar-refractivity contribution in [1.29, 1.82) is 0 Å². The zero-order valence-corrected chi connectivity index (χ0v) is 26.3. The molecule has 0 bridgehead atoms. The Kier molecular flexibility index (Phi) is 13.1. The Hall–Kier alpha value is -2.27. The molecule has 0 saturated heterocycles. The summed E-state index contributed by atoms with van der Waals surface area (Å²) < 4.78 is 27.3. The fraction of sp³-hybridized carbons (Fsp3) is 0.333. The van der Waals surface area contributed by atoms with Gasteiger partial charge in [-0.05, 0) is 103 Å². The Morgan fingerprint density at radius 2 is 1.05 bits per heavy atom. The van der Waals surface area contributed by atoms with Crippen molar-refractivity contribution in [3.63, 3.8) is 0 Å². The van der Waals surface area contributed by atoms with Crippen molar-refractivity contribution in [2.24, 2.45) is 0 Å². The van der Waals surface area contributed by atoms with Crippen LogP contribution in [-0.2, 0) is 10.9 Å². The summed E-state index contributed by atoms with van der Waals surface area (Å²) in [5, 5.41) is 0.752. The van der Waals surface area contributed by atoms with Crippen LogP contribution in [-0.4, -0.2) is 5.75 Å². The summed E-state index contributed by atoms with van der Waals surface area (Å²) in [7, 11) is -0.485. The van der Waals surface area contributed by atoms with Gasteiger partial charge in [0.1, 0.15) is 11.6 Å². The molecular weight excluding hydrogens is 570 g/mol. The molecule has 0 aliphatic carbocycles. The maximum absolute atomic E-state index is 13.6. The molecule has 4 rings (SSSR count). The van der Waals surface area contributed by atoms with Crippen LogP contribution in [0.4, 0.5) is 8.78 Å². The predicted molar refractivity (Wildman–Crippen MR) is 174 cm³/mol. The second-order valence-corrected chi connectivity index (χ2v) is 14.0. The molecule has 5 heteroatoms. The van der Waals surface area contributed by atoms with Crippen LogP contribution in [0.1, 0.15) is 71.1 Å². The van der Waals surface area contributed by atoms with Gasteiger partial charge in [-0.15, -0.1) is 11.8 Å². The summed E-state index contributed by atoms with van der Waals surface area (Å²) >= 11 is 8.63. The van der Waals surface area contributed by atoms with Crippen LogP contribution >= 0.6 is 23.4 Å². The van der Waals surface area contributed by atoms with Crippen molar-refractivity contribution < 1.29 is 8.78 Å². The highest BCUT2D eigenvalue weighted by Gasteiger charge is 2.29. The van der Waals surface area contributed by atoms with E-state index in [0.29, 0.717) is 0 Å². The molecule has 0 heterocycles. The zero-order chi connectivity index (χ0) is 28.9. The van der Waals surface area contributed by atoms with Gasteiger partial charge in [-0.1, -0.05) is 82.4 Å². The molecule has 0 aliphatic heterocycles. The van der Waals surface area contributed by atoms with Gasteiger partial charge in [-0.3, -0.25) is 0 Å². The molecule has 0 unspecified atom stereocenters. The van der Waals surface area contributed by atoms with Crippen molar-refractivity contribution in [3.05, 3.63) is 108 Å². The highest BCUT2D eigenvalue weighted by Crippen LogP contribution is 2.36. The third-order valence-electron chi connectivity index (χ3n) is 7.21. The molecule has 0 spiro atoms. The monoisotopic (exact) mass is 609 g/mol. The second-order valence-electron chi connectivity index (χ2n) is 10.4. The van der Waals surface area contributed by atoms with E-state index in [-0.39, 0.29) is 11.6 Å². The number of rotatable bonds is 16. The Balaban J connectivity index is 1.33. The lowest BCUT2D eigenvalue weighted by Gasteiger charge is -2.10. The molecule has 0 fully saturated rings. The zero-order valence-electron chi connectivity index (χ0n) is 23.9. The van der Waals surface area contributed by atoms with Crippen molar-refractivity contribution in [1.82, 2.24) is 0 Å². The molecule has 0 saturated carbocycles. The minimum Gasteiger partial charge on any atom is -0.207 e. The van der Waals surface area contributed by atoms with Gasteiger partial charge in [0.25, 0.3) is 0 Å². The molecule has 0 atom stereocenters. The summed E-state index contributed by atoms with van der Waals surface area (Å²) in [5.41, 5.74) is 2.05. The predicted octanol–water partition coefficient (Wildman–Crippen LogP) is 12.4. The van der Waals surface area contributed by atoms with Crippen molar-refractivity contribution in [3.8, 4) is 11.1 Å². The first-order valence-corrected chi connectivity index (χ1v) is 17.4. The lowest BCUT2D eigenvalue weighted by atomic mass is 10.1. The maximum Gasteiger partial charge on any atom is 0.166 e. The van der Waals surface area contributed by atoms with E-state index in [4.69, 9.17) is 11.6 Å². The number of benzene rings is 4. The molecule has 216 valence electrons. The van der Waals surface area contributed by atoms with E-state index in [1.54, 1.807) is 24.3 Å². The third kappa shape index (κ3) is 9.91. The van der Waals surface area contributed by atoms with Crippen LogP contribution in [0.25, 0.3) is 11.1 Å². The fourth-order valence-electron chi connectivity index (χ4n) is 4.92. The SMILES string of the molecule is CCCCCCCCCCCCSc1ccc(-c2ccc([S+](c3ccc(F)cc3)c3ccc(F)cc3)cc2)c(Cl)c1. The van der Waals surface area contributed by atoms with Crippen LogP contribution < -0.4 is 0 Å². The first kappa shape index (κ1) is 31.7. The van der Waals surface area contributed by atoms with Gasteiger partial charge in [-0.2, -0.15) is 0 Å². The third-order valence-corrected chi connectivity index (χ3v) is 10.8. The van der Waals surface area contributed by atoms with Gasteiger partial charge >= 0.3 is 0 Å². The number of thioether (sulfide) groups is 1. The Labute approximate surface area is 257 Å². The lowest BCUT2D eigenvalue weighted by Crippen LogP contribution is -2.05. The Morgan fingerprint density at radius 1 is 0.585 bits per heavy atom. The molecule has 4 aromatic carbocycles. The summed E-state index contributed by atoms with van der Waals surface area (Å²) in [6.45, 7) is 2.27. The smallest absolute Gasteiger partial charge is 0.166 e. The molecule has 4 aromatic rings. The molecule has 41 heavy (non-hydrogen) atoms. The van der Waals surface area contributed by atoms with Crippen molar-refractivity contribution >= 4 is 34.3 Å². The molecule has 0 amide bonds. The van der Waals surface area contributed by atoms with Crippen molar-refractivity contribution in [2.75, 3.05) is 5.75 Å². The summed E-state index contributed by atoms with van der Waals surface area (Å²) in [6, 6.07) is 27.8. The molecule has 0 N–H and O–H groups in total. The van der Waals surface area contributed by atoms with Gasteiger partial charge in [0, 0.05) is 15.5 Å². The standard InChI is InChI=1S/C36H40ClF2S2/c1-2-3-4-5-6-7-8-9-10-11-26-40-31-18-25-35(36(37)27-31)28-12-19-32(20-13-28)41(33-21-14-29(38)15-22-33)34-23-16-30(39)17-24-34/h12-25,27H,2-11,26H2,1H3/q+1. The van der Waals surface area contributed by atoms with E-state index in [1.807, 2.05) is 11.8 Å². The van der Waals surface area contributed by atoms with Gasteiger partial charge in [-0.25, -0.2) is 8.78 Å². The van der Waals surface area contributed by atoms with E-state index in [9.17, 15) is 8.78 Å². The van der Waals surface area contributed by atoms with E-state index >= 15 is 0 Å². The van der Waals surface area contributed by atoms with Gasteiger partial charge in [0.2, 0.25) is 0 Å². The highest BCUT2D eigenvalue weighted by atomic mass is 35.5. The largest absolute Gasteiger partial charge is 0.207 e. The van der Waals surface area contributed by atoms with Crippen LogP contribution in [0.2, 0.25) is 5.02 Å². The van der Waals surface area contributed by atoms with Crippen LogP contribution in [0.15, 0.2) is 111 Å². The topological polar surface area (TPSA) is 0 Å². The summed E-state index contributed by atoms with van der Waals surface area (Å²) in [4.78, 5) is 4.24. The minimum atomic E-state index is -0.485. The van der Waals surface area contributed by atoms with Crippen LogP contribution in [0.3, 0.4) is 0 Å². The maximum atomic E-state index is 13.6. The van der Waals surface area contributed by atoms with E-state index in [1.165, 1.54) is 93.4 Å². The fourth-order valence-corrected chi connectivity index (χ4v) is 8.26. The highest BCUT2D eigenvalue weighted by molar-refractivity contribution is 7.99. The molecule has 0 nitrogen and oxygen atoms in total. The number of halogens is 3. The molecule has 0 aliphatic rings. The van der Waals surface area contributed by atoms with E-state index < -0.39 is 10.9 Å².